The number of rotatable bonds is 5. The highest BCUT2D eigenvalue weighted by Crippen LogP contribution is 2.21. The van der Waals surface area contributed by atoms with Gasteiger partial charge in [-0.25, -0.2) is 0 Å². The molecule has 7 heteroatoms. The summed E-state index contributed by atoms with van der Waals surface area (Å²) in [7, 11) is 0. The number of non-ortho nitro benzene ring substituents is 1. The van der Waals surface area contributed by atoms with Crippen LogP contribution < -0.4 is 9.64 Å². The van der Waals surface area contributed by atoms with Crippen LogP contribution in [0.25, 0.3) is 0 Å². The number of nitrogens with zero attached hydrogens (tertiary/aromatic N) is 3. The molecule has 7 nitrogen and oxygen atoms in total. The molecule has 3 rings (SSSR count). The standard InChI is InChI=1S/C20H23N3O4/c1-15-3-4-16(2)19(13-15)27-14-20(24)22-11-9-21(10-12-22)17-5-7-18(8-6-17)23(25)26/h3-8,13H,9-12,14H2,1-2H3. The first kappa shape index (κ1) is 18.7. The van der Waals surface area contributed by atoms with Gasteiger partial charge in [0.25, 0.3) is 11.6 Å². The first-order chi connectivity index (χ1) is 12.9. The lowest BCUT2D eigenvalue weighted by atomic mass is 10.1. The summed E-state index contributed by atoms with van der Waals surface area (Å²) < 4.78 is 5.71. The van der Waals surface area contributed by atoms with Crippen LogP contribution in [0.2, 0.25) is 0 Å². The van der Waals surface area contributed by atoms with Crippen molar-refractivity contribution < 1.29 is 14.5 Å². The number of anilines is 1. The third kappa shape index (κ3) is 4.55. The Morgan fingerprint density at radius 2 is 1.74 bits per heavy atom. The molecule has 0 radical (unpaired) electrons. The number of ether oxygens (including phenoxy) is 1. The highest BCUT2D eigenvalue weighted by Gasteiger charge is 2.22. The maximum atomic E-state index is 12.4. The van der Waals surface area contributed by atoms with Crippen LogP contribution in [0.5, 0.6) is 5.75 Å². The molecular formula is C20H23N3O4. The van der Waals surface area contributed by atoms with Crippen molar-refractivity contribution >= 4 is 17.3 Å². The Morgan fingerprint density at radius 3 is 2.37 bits per heavy atom. The van der Waals surface area contributed by atoms with E-state index < -0.39 is 4.92 Å². The summed E-state index contributed by atoms with van der Waals surface area (Å²) in [6, 6.07) is 12.4. The molecule has 0 N–H and O–H groups in total. The molecule has 0 bridgehead atoms. The van der Waals surface area contributed by atoms with Gasteiger partial charge in [-0.15, -0.1) is 0 Å². The Morgan fingerprint density at radius 1 is 1.07 bits per heavy atom. The topological polar surface area (TPSA) is 75.9 Å². The number of aryl methyl sites for hydroxylation is 2. The van der Waals surface area contributed by atoms with Gasteiger partial charge >= 0.3 is 0 Å². The molecule has 1 fully saturated rings. The van der Waals surface area contributed by atoms with Gasteiger partial charge in [-0.05, 0) is 43.2 Å². The van der Waals surface area contributed by atoms with Crippen molar-refractivity contribution in [3.8, 4) is 5.75 Å². The summed E-state index contributed by atoms with van der Waals surface area (Å²) in [6.45, 7) is 6.56. The Kier molecular flexibility index (Phi) is 5.59. The second-order valence-electron chi connectivity index (χ2n) is 6.70. The average molecular weight is 369 g/mol. The fourth-order valence-corrected chi connectivity index (χ4v) is 3.09. The van der Waals surface area contributed by atoms with Crippen molar-refractivity contribution in [2.24, 2.45) is 0 Å². The van der Waals surface area contributed by atoms with E-state index in [1.807, 2.05) is 32.0 Å². The summed E-state index contributed by atoms with van der Waals surface area (Å²) in [5, 5.41) is 10.7. The third-order valence-electron chi connectivity index (χ3n) is 4.75. The normalized spacial score (nSPS) is 14.1. The first-order valence-corrected chi connectivity index (χ1v) is 8.91. The van der Waals surface area contributed by atoms with Gasteiger partial charge in [-0.3, -0.25) is 14.9 Å². The van der Waals surface area contributed by atoms with Crippen molar-refractivity contribution in [3.63, 3.8) is 0 Å². The molecular weight excluding hydrogens is 346 g/mol. The monoisotopic (exact) mass is 369 g/mol. The minimum atomic E-state index is -0.406. The third-order valence-corrected chi connectivity index (χ3v) is 4.75. The zero-order chi connectivity index (χ0) is 19.4. The van der Waals surface area contributed by atoms with Crippen LogP contribution >= 0.6 is 0 Å². The van der Waals surface area contributed by atoms with Crippen molar-refractivity contribution in [3.05, 3.63) is 63.7 Å². The SMILES string of the molecule is Cc1ccc(C)c(OCC(=O)N2CCN(c3ccc([N+](=O)[O-])cc3)CC2)c1. The highest BCUT2D eigenvalue weighted by molar-refractivity contribution is 5.78. The van der Waals surface area contributed by atoms with E-state index in [-0.39, 0.29) is 18.2 Å². The van der Waals surface area contributed by atoms with Crippen LogP contribution in [0.15, 0.2) is 42.5 Å². The number of piperazine rings is 1. The molecule has 142 valence electrons. The molecule has 0 saturated carbocycles. The Balaban J connectivity index is 1.51. The predicted molar refractivity (Wildman–Crippen MR) is 103 cm³/mol. The van der Waals surface area contributed by atoms with E-state index in [0.717, 1.165) is 22.6 Å². The van der Waals surface area contributed by atoms with Gasteiger partial charge in [0.1, 0.15) is 5.75 Å². The van der Waals surface area contributed by atoms with Crippen LogP contribution in [0.1, 0.15) is 11.1 Å². The van der Waals surface area contributed by atoms with Gasteiger partial charge in [0, 0.05) is 44.0 Å². The molecule has 0 unspecified atom stereocenters. The van der Waals surface area contributed by atoms with Crippen LogP contribution in [0.4, 0.5) is 11.4 Å². The summed E-state index contributed by atoms with van der Waals surface area (Å²) in [5.41, 5.74) is 3.12. The van der Waals surface area contributed by atoms with Gasteiger partial charge in [-0.1, -0.05) is 12.1 Å². The van der Waals surface area contributed by atoms with E-state index >= 15 is 0 Å². The molecule has 1 saturated heterocycles. The molecule has 0 atom stereocenters. The summed E-state index contributed by atoms with van der Waals surface area (Å²) in [5.74, 6) is 0.715. The van der Waals surface area contributed by atoms with Crippen LogP contribution in [-0.2, 0) is 4.79 Å². The molecule has 0 aliphatic carbocycles. The number of hydrogen-bond donors (Lipinski definition) is 0. The van der Waals surface area contributed by atoms with E-state index in [9.17, 15) is 14.9 Å². The lowest BCUT2D eigenvalue weighted by Crippen LogP contribution is -2.50. The second kappa shape index (κ2) is 8.07. The van der Waals surface area contributed by atoms with Crippen LogP contribution in [-0.4, -0.2) is 48.5 Å². The van der Waals surface area contributed by atoms with E-state index in [0.29, 0.717) is 26.2 Å². The number of carbonyl (C=O) groups excluding carboxylic acids is 1. The quantitative estimate of drug-likeness (QED) is 0.598. The number of amides is 1. The number of nitro benzene ring substituents is 1. The van der Waals surface area contributed by atoms with E-state index in [1.165, 1.54) is 12.1 Å². The van der Waals surface area contributed by atoms with E-state index in [2.05, 4.69) is 4.90 Å². The lowest BCUT2D eigenvalue weighted by molar-refractivity contribution is -0.384. The Hall–Kier alpha value is -3.09. The Labute approximate surface area is 158 Å². The van der Waals surface area contributed by atoms with Crippen molar-refractivity contribution in [2.75, 3.05) is 37.7 Å². The fourth-order valence-electron chi connectivity index (χ4n) is 3.09. The molecule has 2 aromatic carbocycles. The van der Waals surface area contributed by atoms with Crippen LogP contribution in [0.3, 0.4) is 0 Å². The van der Waals surface area contributed by atoms with Gasteiger partial charge < -0.3 is 14.5 Å². The number of nitro groups is 1. The summed E-state index contributed by atoms with van der Waals surface area (Å²) in [6.07, 6.45) is 0. The largest absolute Gasteiger partial charge is 0.483 e. The van der Waals surface area contributed by atoms with Gasteiger partial charge in [0.05, 0.1) is 4.92 Å². The zero-order valence-electron chi connectivity index (χ0n) is 15.6. The number of benzene rings is 2. The molecule has 1 aliphatic heterocycles. The number of hydrogen-bond acceptors (Lipinski definition) is 5. The van der Waals surface area contributed by atoms with Gasteiger partial charge in [0.2, 0.25) is 0 Å². The minimum absolute atomic E-state index is 0.0285. The van der Waals surface area contributed by atoms with Crippen LogP contribution in [0, 0.1) is 24.0 Å². The lowest BCUT2D eigenvalue weighted by Gasteiger charge is -2.36. The molecule has 0 aromatic heterocycles. The molecule has 0 spiro atoms. The summed E-state index contributed by atoms with van der Waals surface area (Å²) >= 11 is 0. The molecule has 1 aliphatic rings. The molecule has 1 heterocycles. The van der Waals surface area contributed by atoms with Crippen molar-refractivity contribution in [2.45, 2.75) is 13.8 Å². The van der Waals surface area contributed by atoms with Crippen molar-refractivity contribution in [1.82, 2.24) is 4.90 Å². The van der Waals surface area contributed by atoms with Gasteiger partial charge in [-0.2, -0.15) is 0 Å². The highest BCUT2D eigenvalue weighted by atomic mass is 16.6. The van der Waals surface area contributed by atoms with E-state index in [1.54, 1.807) is 17.0 Å². The second-order valence-corrected chi connectivity index (χ2v) is 6.70. The van der Waals surface area contributed by atoms with Gasteiger partial charge in [0.15, 0.2) is 6.61 Å². The maximum absolute atomic E-state index is 12.4. The minimum Gasteiger partial charge on any atom is -0.483 e. The number of carbonyl (C=O) groups is 1. The first-order valence-electron chi connectivity index (χ1n) is 8.91. The molecule has 1 amide bonds. The smallest absolute Gasteiger partial charge is 0.269 e. The summed E-state index contributed by atoms with van der Waals surface area (Å²) in [4.78, 5) is 26.7. The Bertz CT molecular complexity index is 828. The van der Waals surface area contributed by atoms with E-state index in [4.69, 9.17) is 4.74 Å². The molecule has 27 heavy (non-hydrogen) atoms. The van der Waals surface area contributed by atoms with Crippen molar-refractivity contribution in [1.29, 1.82) is 0 Å². The predicted octanol–water partition coefficient (Wildman–Crippen LogP) is 2.94. The zero-order valence-corrected chi connectivity index (χ0v) is 15.6. The maximum Gasteiger partial charge on any atom is 0.269 e. The average Bonchev–Trinajstić information content (AvgIpc) is 2.68. The molecule has 2 aromatic rings. The fraction of sp³-hybridized carbons (Fsp3) is 0.350.